The zero-order valence-electron chi connectivity index (χ0n) is 9.54. The number of aliphatic hydroxyl groups excluding tert-OH is 2. The van der Waals surface area contributed by atoms with E-state index in [-0.39, 0.29) is 18.8 Å². The fourth-order valence-electron chi connectivity index (χ4n) is 1.85. The average Bonchev–Trinajstić information content (AvgIpc) is 2.70. The Morgan fingerprint density at radius 2 is 2.33 bits per heavy atom. The van der Waals surface area contributed by atoms with E-state index in [0.717, 1.165) is 6.07 Å². The van der Waals surface area contributed by atoms with Gasteiger partial charge in [-0.3, -0.25) is 4.79 Å². The van der Waals surface area contributed by atoms with Gasteiger partial charge in [-0.2, -0.15) is 0 Å². The van der Waals surface area contributed by atoms with Crippen LogP contribution in [0, 0.1) is 5.82 Å². The van der Waals surface area contributed by atoms with Crippen molar-refractivity contribution in [1.29, 1.82) is 0 Å². The molecule has 98 valence electrons. The maximum atomic E-state index is 12.9. The summed E-state index contributed by atoms with van der Waals surface area (Å²) in [6.45, 7) is -0.194. The van der Waals surface area contributed by atoms with Crippen LogP contribution in [-0.4, -0.2) is 47.6 Å². The van der Waals surface area contributed by atoms with Crippen LogP contribution in [-0.2, 0) is 4.74 Å². The Labute approximate surface area is 103 Å². The lowest BCUT2D eigenvalue weighted by molar-refractivity contribution is 0.00278. The van der Waals surface area contributed by atoms with Crippen LogP contribution in [0.15, 0.2) is 24.3 Å². The van der Waals surface area contributed by atoms with Gasteiger partial charge in [-0.15, -0.1) is 0 Å². The molecule has 1 aliphatic heterocycles. The minimum absolute atomic E-state index is 0.119. The molecule has 1 aromatic carbocycles. The maximum absolute atomic E-state index is 12.9. The Hall–Kier alpha value is -1.50. The minimum Gasteiger partial charge on any atom is -0.394 e. The molecule has 3 N–H and O–H groups in total. The smallest absolute Gasteiger partial charge is 0.251 e. The minimum atomic E-state index is -0.965. The number of benzene rings is 1. The summed E-state index contributed by atoms with van der Waals surface area (Å²) < 4.78 is 18.0. The van der Waals surface area contributed by atoms with Gasteiger partial charge in [0, 0.05) is 5.56 Å². The highest BCUT2D eigenvalue weighted by atomic mass is 19.1. The van der Waals surface area contributed by atoms with Crippen molar-refractivity contribution in [1.82, 2.24) is 5.32 Å². The molecule has 0 aliphatic carbocycles. The number of ether oxygens (including phenoxy) is 1. The molecule has 1 heterocycles. The number of halogens is 1. The highest BCUT2D eigenvalue weighted by Crippen LogP contribution is 2.14. The first-order valence-corrected chi connectivity index (χ1v) is 5.59. The van der Waals surface area contributed by atoms with Crippen LogP contribution in [0.4, 0.5) is 4.39 Å². The van der Waals surface area contributed by atoms with Gasteiger partial charge in [0.15, 0.2) is 0 Å². The van der Waals surface area contributed by atoms with Gasteiger partial charge in [-0.25, -0.2) is 4.39 Å². The zero-order chi connectivity index (χ0) is 13.1. The molecule has 0 saturated carbocycles. The Kier molecular flexibility index (Phi) is 3.90. The van der Waals surface area contributed by atoms with E-state index in [1.54, 1.807) is 0 Å². The van der Waals surface area contributed by atoms with Crippen molar-refractivity contribution in [2.75, 3.05) is 13.2 Å². The first-order chi connectivity index (χ1) is 8.61. The number of aliphatic hydroxyl groups is 2. The fraction of sp³-hybridized carbons (Fsp3) is 0.417. The number of rotatable bonds is 3. The molecule has 6 heteroatoms. The molecule has 1 fully saturated rings. The van der Waals surface area contributed by atoms with Gasteiger partial charge in [0.05, 0.1) is 19.3 Å². The van der Waals surface area contributed by atoms with Crippen molar-refractivity contribution < 1.29 is 24.1 Å². The van der Waals surface area contributed by atoms with Crippen LogP contribution in [0.2, 0.25) is 0 Å². The van der Waals surface area contributed by atoms with Crippen molar-refractivity contribution in [3.05, 3.63) is 35.6 Å². The molecule has 0 bridgehead atoms. The van der Waals surface area contributed by atoms with Crippen LogP contribution in [0.5, 0.6) is 0 Å². The number of carbonyl (C=O) groups is 1. The first-order valence-electron chi connectivity index (χ1n) is 5.59. The Morgan fingerprint density at radius 1 is 1.56 bits per heavy atom. The van der Waals surface area contributed by atoms with Gasteiger partial charge in [0.1, 0.15) is 18.0 Å². The topological polar surface area (TPSA) is 78.8 Å². The molecule has 2 rings (SSSR count). The molecule has 1 amide bonds. The van der Waals surface area contributed by atoms with Gasteiger partial charge < -0.3 is 20.3 Å². The normalized spacial score (nSPS) is 27.2. The molecule has 0 radical (unpaired) electrons. The van der Waals surface area contributed by atoms with Gasteiger partial charge in [0.25, 0.3) is 5.91 Å². The quantitative estimate of drug-likeness (QED) is 0.691. The van der Waals surface area contributed by atoms with Crippen LogP contribution < -0.4 is 5.32 Å². The van der Waals surface area contributed by atoms with E-state index in [2.05, 4.69) is 5.32 Å². The lowest BCUT2D eigenvalue weighted by atomic mass is 10.1. The summed E-state index contributed by atoms with van der Waals surface area (Å²) in [6.07, 6.45) is -1.66. The van der Waals surface area contributed by atoms with Gasteiger partial charge in [-0.1, -0.05) is 6.07 Å². The monoisotopic (exact) mass is 255 g/mol. The Balaban J connectivity index is 2.00. The molecule has 1 aromatic rings. The lowest BCUT2D eigenvalue weighted by Gasteiger charge is -2.17. The van der Waals surface area contributed by atoms with E-state index in [9.17, 15) is 14.3 Å². The lowest BCUT2D eigenvalue weighted by Crippen LogP contribution is -2.45. The second-order valence-electron chi connectivity index (χ2n) is 4.14. The summed E-state index contributed by atoms with van der Waals surface area (Å²) >= 11 is 0. The third-order valence-corrected chi connectivity index (χ3v) is 2.87. The molecule has 3 unspecified atom stereocenters. The SMILES string of the molecule is O=C(NC1COC(CO)C1O)c1cccc(F)c1. The van der Waals surface area contributed by atoms with Gasteiger partial charge in [-0.05, 0) is 18.2 Å². The molecule has 0 aromatic heterocycles. The van der Waals surface area contributed by atoms with Crippen LogP contribution in [0.1, 0.15) is 10.4 Å². The summed E-state index contributed by atoms with van der Waals surface area (Å²) in [4.78, 5) is 11.8. The first kappa shape index (κ1) is 12.9. The molecule has 0 spiro atoms. The van der Waals surface area contributed by atoms with E-state index < -0.39 is 30.0 Å². The Bertz CT molecular complexity index is 440. The van der Waals surface area contributed by atoms with Gasteiger partial charge in [0.2, 0.25) is 0 Å². The maximum Gasteiger partial charge on any atom is 0.251 e. The molecule has 18 heavy (non-hydrogen) atoms. The van der Waals surface area contributed by atoms with E-state index in [0.29, 0.717) is 0 Å². The van der Waals surface area contributed by atoms with Crippen molar-refractivity contribution in [2.45, 2.75) is 18.2 Å². The van der Waals surface area contributed by atoms with E-state index in [1.807, 2.05) is 0 Å². The number of hydrogen-bond donors (Lipinski definition) is 3. The predicted molar refractivity (Wildman–Crippen MR) is 60.5 cm³/mol. The van der Waals surface area contributed by atoms with Crippen LogP contribution in [0.3, 0.4) is 0 Å². The highest BCUT2D eigenvalue weighted by Gasteiger charge is 2.36. The molecular formula is C12H14FNO4. The summed E-state index contributed by atoms with van der Waals surface area (Å²) in [5, 5.41) is 21.2. The molecule has 3 atom stereocenters. The van der Waals surface area contributed by atoms with Gasteiger partial charge >= 0.3 is 0 Å². The molecule has 1 saturated heterocycles. The zero-order valence-corrected chi connectivity index (χ0v) is 9.54. The van der Waals surface area contributed by atoms with Crippen molar-refractivity contribution in [3.8, 4) is 0 Å². The Morgan fingerprint density at radius 3 is 2.94 bits per heavy atom. The van der Waals surface area contributed by atoms with E-state index in [4.69, 9.17) is 9.84 Å². The van der Waals surface area contributed by atoms with E-state index >= 15 is 0 Å². The predicted octanol–water partition coefficient (Wildman–Crippen LogP) is -0.324. The summed E-state index contributed by atoms with van der Waals surface area (Å²) in [5.41, 5.74) is 0.176. The van der Waals surface area contributed by atoms with Crippen molar-refractivity contribution >= 4 is 5.91 Å². The van der Waals surface area contributed by atoms with E-state index in [1.165, 1.54) is 18.2 Å². The number of amides is 1. The highest BCUT2D eigenvalue weighted by molar-refractivity contribution is 5.94. The second-order valence-corrected chi connectivity index (χ2v) is 4.14. The molecular weight excluding hydrogens is 241 g/mol. The summed E-state index contributed by atoms with van der Waals surface area (Å²) in [7, 11) is 0. The second kappa shape index (κ2) is 5.43. The van der Waals surface area contributed by atoms with Crippen molar-refractivity contribution in [3.63, 3.8) is 0 Å². The van der Waals surface area contributed by atoms with Crippen LogP contribution in [0.25, 0.3) is 0 Å². The molecule has 1 aliphatic rings. The third kappa shape index (κ3) is 2.66. The third-order valence-electron chi connectivity index (χ3n) is 2.87. The number of nitrogens with one attached hydrogen (secondary N) is 1. The fourth-order valence-corrected chi connectivity index (χ4v) is 1.85. The molecule has 5 nitrogen and oxygen atoms in total. The van der Waals surface area contributed by atoms with Crippen LogP contribution >= 0.6 is 0 Å². The number of carbonyl (C=O) groups excluding carboxylic acids is 1. The number of hydrogen-bond acceptors (Lipinski definition) is 4. The average molecular weight is 255 g/mol. The van der Waals surface area contributed by atoms with Crippen molar-refractivity contribution in [2.24, 2.45) is 0 Å². The standard InChI is InChI=1S/C12H14FNO4/c13-8-3-1-2-7(4-8)12(17)14-9-6-18-10(5-15)11(9)16/h1-4,9-11,15-16H,5-6H2,(H,14,17). The largest absolute Gasteiger partial charge is 0.394 e. The summed E-state index contributed by atoms with van der Waals surface area (Å²) in [6, 6.07) is 4.66. The summed E-state index contributed by atoms with van der Waals surface area (Å²) in [5.74, 6) is -0.986.